The molecule has 0 fully saturated rings. The Labute approximate surface area is 112 Å². The van der Waals surface area contributed by atoms with Crippen molar-refractivity contribution in [2.24, 2.45) is 0 Å². The maximum absolute atomic E-state index is 10.9. The lowest BCUT2D eigenvalue weighted by molar-refractivity contribution is -0.384. The molecule has 7 heteroatoms. The Morgan fingerprint density at radius 3 is 1.90 bits per heavy atom. The van der Waals surface area contributed by atoms with Gasteiger partial charge in [0.05, 0.1) is 9.85 Å². The van der Waals surface area contributed by atoms with E-state index in [1.807, 2.05) is 0 Å². The zero-order chi connectivity index (χ0) is 14.7. The molecule has 0 unspecified atom stereocenters. The van der Waals surface area contributed by atoms with Crippen molar-refractivity contribution >= 4 is 17.7 Å². The van der Waals surface area contributed by atoms with Crippen LogP contribution in [0.5, 0.6) is 0 Å². The van der Waals surface area contributed by atoms with Gasteiger partial charge in [0.1, 0.15) is 0 Å². The van der Waals surface area contributed by atoms with E-state index in [1.54, 1.807) is 6.29 Å². The molecule has 0 aliphatic carbocycles. The van der Waals surface area contributed by atoms with Crippen LogP contribution < -0.4 is 0 Å². The number of nitro benzene ring substituents is 2. The van der Waals surface area contributed by atoms with Gasteiger partial charge in [-0.25, -0.2) is 0 Å². The van der Waals surface area contributed by atoms with Gasteiger partial charge in [-0.3, -0.25) is 25.0 Å². The minimum Gasteiger partial charge on any atom is -0.285 e. The molecule has 2 rings (SSSR count). The highest BCUT2D eigenvalue weighted by Gasteiger charge is 2.13. The number of non-ortho nitro benzene ring substituents is 2. The monoisotopic (exact) mass is 271 g/mol. The Kier molecular flexibility index (Phi) is 3.52. The van der Waals surface area contributed by atoms with Gasteiger partial charge in [0.2, 0.25) is 6.29 Å². The fraction of sp³-hybridized carbons (Fsp3) is 0. The third kappa shape index (κ3) is 2.51. The number of hydrogen-bond donors (Lipinski definition) is 0. The zero-order valence-electron chi connectivity index (χ0n) is 9.98. The van der Waals surface area contributed by atoms with E-state index in [0.717, 1.165) is 0 Å². The van der Waals surface area contributed by atoms with Gasteiger partial charge in [0.25, 0.3) is 11.4 Å². The van der Waals surface area contributed by atoms with Crippen LogP contribution in [0.3, 0.4) is 0 Å². The first-order valence-electron chi connectivity index (χ1n) is 5.44. The van der Waals surface area contributed by atoms with Crippen LogP contribution in [0.1, 0.15) is 5.56 Å². The molecule has 0 amide bonds. The highest BCUT2D eigenvalue weighted by atomic mass is 16.6. The molecule has 0 saturated carbocycles. The third-order valence-electron chi connectivity index (χ3n) is 2.71. The molecule has 0 aliphatic rings. The molecule has 0 aliphatic heterocycles. The maximum Gasteiger partial charge on any atom is 0.270 e. The van der Waals surface area contributed by atoms with Gasteiger partial charge in [0.15, 0.2) is 0 Å². The van der Waals surface area contributed by atoms with Crippen molar-refractivity contribution in [3.63, 3.8) is 0 Å². The molecule has 0 bridgehead atoms. The predicted molar refractivity (Wildman–Crippen MR) is 70.0 cm³/mol. The van der Waals surface area contributed by atoms with Crippen LogP contribution >= 0.6 is 0 Å². The van der Waals surface area contributed by atoms with Gasteiger partial charge >= 0.3 is 0 Å². The van der Waals surface area contributed by atoms with Crippen LogP contribution in [0, 0.1) is 20.2 Å². The summed E-state index contributed by atoms with van der Waals surface area (Å²) in [6.07, 6.45) is 1.69. The molecule has 99 valence electrons. The van der Waals surface area contributed by atoms with Crippen molar-refractivity contribution in [3.05, 3.63) is 68.3 Å². The SMILES string of the molecule is O=[C]c1ccc([N+](=O)[O-])cc1-c1ccc([N+](=O)[O-])cc1. The molecule has 1 radical (unpaired) electrons. The molecule has 0 aromatic heterocycles. The van der Waals surface area contributed by atoms with E-state index in [4.69, 9.17) is 0 Å². The summed E-state index contributed by atoms with van der Waals surface area (Å²) >= 11 is 0. The Hall–Kier alpha value is -3.09. The summed E-state index contributed by atoms with van der Waals surface area (Å²) in [5.74, 6) is 0. The first-order chi connectivity index (χ1) is 9.52. The van der Waals surface area contributed by atoms with Crippen LogP contribution in [0.4, 0.5) is 11.4 Å². The molecular formula is C13H7N2O5. The van der Waals surface area contributed by atoms with Crippen LogP contribution in [0.15, 0.2) is 42.5 Å². The second-order valence-electron chi connectivity index (χ2n) is 3.89. The second kappa shape index (κ2) is 5.27. The van der Waals surface area contributed by atoms with Gasteiger partial charge in [-0.05, 0) is 29.3 Å². The van der Waals surface area contributed by atoms with Crippen LogP contribution in [0.2, 0.25) is 0 Å². The van der Waals surface area contributed by atoms with Crippen molar-refractivity contribution in [1.82, 2.24) is 0 Å². The summed E-state index contributed by atoms with van der Waals surface area (Å²) in [5.41, 5.74) is 0.666. The molecule has 20 heavy (non-hydrogen) atoms. The Morgan fingerprint density at radius 1 is 0.850 bits per heavy atom. The van der Waals surface area contributed by atoms with Gasteiger partial charge < -0.3 is 0 Å². The van der Waals surface area contributed by atoms with E-state index in [0.29, 0.717) is 11.1 Å². The average molecular weight is 271 g/mol. The van der Waals surface area contributed by atoms with Crippen molar-refractivity contribution in [3.8, 4) is 11.1 Å². The van der Waals surface area contributed by atoms with Crippen molar-refractivity contribution in [1.29, 1.82) is 0 Å². The first kappa shape index (κ1) is 13.3. The van der Waals surface area contributed by atoms with Crippen molar-refractivity contribution < 1.29 is 14.6 Å². The minimum absolute atomic E-state index is 0.101. The van der Waals surface area contributed by atoms with E-state index in [-0.39, 0.29) is 16.9 Å². The molecule has 0 atom stereocenters. The molecule has 0 heterocycles. The lowest BCUT2D eigenvalue weighted by atomic mass is 9.99. The van der Waals surface area contributed by atoms with E-state index < -0.39 is 9.85 Å². The highest BCUT2D eigenvalue weighted by Crippen LogP contribution is 2.28. The minimum atomic E-state index is -0.580. The summed E-state index contributed by atoms with van der Waals surface area (Å²) < 4.78 is 0. The second-order valence-corrected chi connectivity index (χ2v) is 3.89. The summed E-state index contributed by atoms with van der Waals surface area (Å²) in [5, 5.41) is 21.3. The van der Waals surface area contributed by atoms with Crippen LogP contribution in [-0.4, -0.2) is 16.1 Å². The summed E-state index contributed by atoms with van der Waals surface area (Å²) in [4.78, 5) is 31.0. The average Bonchev–Trinajstić information content (AvgIpc) is 2.46. The Balaban J connectivity index is 2.54. The van der Waals surface area contributed by atoms with Crippen LogP contribution in [-0.2, 0) is 4.79 Å². The smallest absolute Gasteiger partial charge is 0.270 e. The molecular weight excluding hydrogens is 264 g/mol. The lowest BCUT2D eigenvalue weighted by Gasteiger charge is -2.04. The predicted octanol–water partition coefficient (Wildman–Crippen LogP) is 2.63. The van der Waals surface area contributed by atoms with E-state index >= 15 is 0 Å². The van der Waals surface area contributed by atoms with Crippen molar-refractivity contribution in [2.75, 3.05) is 0 Å². The van der Waals surface area contributed by atoms with Gasteiger partial charge in [0, 0.05) is 29.8 Å². The molecule has 0 N–H and O–H groups in total. The maximum atomic E-state index is 10.9. The van der Waals surface area contributed by atoms with Gasteiger partial charge in [-0.2, -0.15) is 0 Å². The van der Waals surface area contributed by atoms with E-state index in [2.05, 4.69) is 0 Å². The standard InChI is InChI=1S/C13H7N2O5/c16-8-10-3-6-12(15(19)20)7-13(10)9-1-4-11(5-2-9)14(17)18/h1-7H. The number of benzene rings is 2. The number of rotatable bonds is 4. The highest BCUT2D eigenvalue weighted by molar-refractivity contribution is 5.89. The number of carbonyl (C=O) groups excluding carboxylic acids is 1. The summed E-state index contributed by atoms with van der Waals surface area (Å²) in [6.45, 7) is 0. The van der Waals surface area contributed by atoms with Crippen LogP contribution in [0.25, 0.3) is 11.1 Å². The van der Waals surface area contributed by atoms with E-state index in [1.165, 1.54) is 42.5 Å². The first-order valence-corrected chi connectivity index (χ1v) is 5.44. The van der Waals surface area contributed by atoms with Gasteiger partial charge in [-0.15, -0.1) is 0 Å². The normalized spacial score (nSPS) is 10.0. The summed E-state index contributed by atoms with van der Waals surface area (Å²) in [7, 11) is 0. The molecule has 7 nitrogen and oxygen atoms in total. The quantitative estimate of drug-likeness (QED) is 0.628. The Bertz CT molecular complexity index is 694. The van der Waals surface area contributed by atoms with Gasteiger partial charge in [-0.1, -0.05) is 0 Å². The number of hydrogen-bond acceptors (Lipinski definition) is 5. The van der Waals surface area contributed by atoms with E-state index in [9.17, 15) is 25.0 Å². The molecule has 0 spiro atoms. The fourth-order valence-corrected chi connectivity index (χ4v) is 1.74. The zero-order valence-corrected chi connectivity index (χ0v) is 9.98. The lowest BCUT2D eigenvalue weighted by Crippen LogP contribution is -1.93. The van der Waals surface area contributed by atoms with Crippen molar-refractivity contribution in [2.45, 2.75) is 0 Å². The Morgan fingerprint density at radius 2 is 1.40 bits per heavy atom. The molecule has 2 aromatic rings. The molecule has 0 saturated heterocycles. The number of nitrogens with zero attached hydrogens (tertiary/aromatic N) is 2. The summed E-state index contributed by atoms with van der Waals surface area (Å²) in [6, 6.07) is 9.12. The largest absolute Gasteiger partial charge is 0.285 e. The number of nitro groups is 2. The fourth-order valence-electron chi connectivity index (χ4n) is 1.74. The molecule has 2 aromatic carbocycles. The topological polar surface area (TPSA) is 103 Å². The third-order valence-corrected chi connectivity index (χ3v) is 2.71.